The molecule has 0 bridgehead atoms. The average Bonchev–Trinajstić information content (AvgIpc) is 2.86. The third-order valence-electron chi connectivity index (χ3n) is 3.14. The molecule has 4 nitrogen and oxygen atoms in total. The van der Waals surface area contributed by atoms with Crippen LogP contribution in [0.15, 0.2) is 11.4 Å². The van der Waals surface area contributed by atoms with Gasteiger partial charge in [-0.05, 0) is 19.9 Å². The normalized spacial score (nSPS) is 20.4. The number of carbonyl (C=O) groups excluding carboxylic acids is 1. The minimum atomic E-state index is 0.123. The quantitative estimate of drug-likeness (QED) is 0.890. The first-order chi connectivity index (χ1) is 8.24. The second-order valence-electron chi connectivity index (χ2n) is 4.23. The minimum absolute atomic E-state index is 0.123. The third-order valence-corrected chi connectivity index (χ3v) is 4.04. The first-order valence-corrected chi connectivity index (χ1v) is 6.71. The Morgan fingerprint density at radius 2 is 2.47 bits per heavy atom. The Bertz CT molecular complexity index is 392. The standard InChI is InChI=1S/C12H18N2O2S/c1-13-9-4-3-5-14(7-9)12(15)11-6-10(16-2)8-17-11/h6,8-9,13H,3-5,7H2,1-2H3/t9-/m1/s1. The van der Waals surface area contributed by atoms with Gasteiger partial charge in [0.1, 0.15) is 5.75 Å². The Hall–Kier alpha value is -1.07. The van der Waals surface area contributed by atoms with Crippen molar-refractivity contribution in [1.29, 1.82) is 0 Å². The van der Waals surface area contributed by atoms with E-state index in [1.807, 2.05) is 23.4 Å². The number of piperidine rings is 1. The second-order valence-corrected chi connectivity index (χ2v) is 5.14. The Kier molecular flexibility index (Phi) is 4.02. The average molecular weight is 254 g/mol. The number of methoxy groups -OCH3 is 1. The van der Waals surface area contributed by atoms with Crippen molar-refractivity contribution in [2.24, 2.45) is 0 Å². The monoisotopic (exact) mass is 254 g/mol. The lowest BCUT2D eigenvalue weighted by atomic mass is 10.1. The van der Waals surface area contributed by atoms with Gasteiger partial charge in [-0.15, -0.1) is 11.3 Å². The molecule has 2 heterocycles. The zero-order valence-electron chi connectivity index (χ0n) is 10.2. The molecule has 1 aromatic heterocycles. The highest BCUT2D eigenvalue weighted by Crippen LogP contribution is 2.23. The van der Waals surface area contributed by atoms with E-state index in [0.29, 0.717) is 6.04 Å². The lowest BCUT2D eigenvalue weighted by Crippen LogP contribution is -2.46. The molecule has 0 aromatic carbocycles. The molecule has 1 aliphatic rings. The molecule has 0 spiro atoms. The van der Waals surface area contributed by atoms with Gasteiger partial charge in [-0.25, -0.2) is 0 Å². The zero-order chi connectivity index (χ0) is 12.3. The Labute approximate surface area is 106 Å². The summed E-state index contributed by atoms with van der Waals surface area (Å²) >= 11 is 1.45. The van der Waals surface area contributed by atoms with Crippen LogP contribution in [0.3, 0.4) is 0 Å². The minimum Gasteiger partial charge on any atom is -0.496 e. The molecule has 1 amide bonds. The van der Waals surface area contributed by atoms with Crippen molar-refractivity contribution in [2.45, 2.75) is 18.9 Å². The van der Waals surface area contributed by atoms with Crippen LogP contribution in [0.25, 0.3) is 0 Å². The molecule has 0 radical (unpaired) electrons. The summed E-state index contributed by atoms with van der Waals surface area (Å²) in [4.78, 5) is 14.9. The van der Waals surface area contributed by atoms with Crippen LogP contribution in [0.5, 0.6) is 5.75 Å². The van der Waals surface area contributed by atoms with Crippen molar-refractivity contribution in [3.63, 3.8) is 0 Å². The van der Waals surface area contributed by atoms with Crippen molar-refractivity contribution >= 4 is 17.2 Å². The highest BCUT2D eigenvalue weighted by Gasteiger charge is 2.24. The molecule has 17 heavy (non-hydrogen) atoms. The highest BCUT2D eigenvalue weighted by atomic mass is 32.1. The van der Waals surface area contributed by atoms with Crippen molar-refractivity contribution in [1.82, 2.24) is 10.2 Å². The molecule has 1 aromatic rings. The summed E-state index contributed by atoms with van der Waals surface area (Å²) in [5.74, 6) is 0.888. The number of amides is 1. The van der Waals surface area contributed by atoms with E-state index in [9.17, 15) is 4.79 Å². The third kappa shape index (κ3) is 2.79. The van der Waals surface area contributed by atoms with Gasteiger partial charge in [-0.3, -0.25) is 4.79 Å². The Morgan fingerprint density at radius 3 is 3.12 bits per heavy atom. The fraction of sp³-hybridized carbons (Fsp3) is 0.583. The van der Waals surface area contributed by atoms with Gasteiger partial charge in [0.15, 0.2) is 0 Å². The SMILES string of the molecule is CN[C@@H]1CCCN(C(=O)c2cc(OC)cs2)C1. The maximum atomic E-state index is 12.2. The van der Waals surface area contributed by atoms with E-state index in [1.54, 1.807) is 7.11 Å². The van der Waals surface area contributed by atoms with Gasteiger partial charge in [-0.1, -0.05) is 0 Å². The maximum Gasteiger partial charge on any atom is 0.264 e. The molecular weight excluding hydrogens is 236 g/mol. The van der Waals surface area contributed by atoms with Gasteiger partial charge in [0.25, 0.3) is 5.91 Å². The van der Waals surface area contributed by atoms with Gasteiger partial charge in [0, 0.05) is 30.6 Å². The molecule has 5 heteroatoms. The van der Waals surface area contributed by atoms with Crippen LogP contribution in [0.2, 0.25) is 0 Å². The first kappa shape index (κ1) is 12.4. The number of thiophene rings is 1. The van der Waals surface area contributed by atoms with Crippen LogP contribution in [0.1, 0.15) is 22.5 Å². The van der Waals surface area contributed by atoms with Crippen molar-refractivity contribution < 1.29 is 9.53 Å². The number of ether oxygens (including phenoxy) is 1. The van der Waals surface area contributed by atoms with Crippen LogP contribution in [0, 0.1) is 0 Å². The number of carbonyl (C=O) groups is 1. The smallest absolute Gasteiger partial charge is 0.264 e. The topological polar surface area (TPSA) is 41.6 Å². The molecule has 1 atom stereocenters. The summed E-state index contributed by atoms with van der Waals surface area (Å²) < 4.78 is 5.10. The molecule has 1 N–H and O–H groups in total. The summed E-state index contributed by atoms with van der Waals surface area (Å²) in [6, 6.07) is 2.24. The van der Waals surface area contributed by atoms with Crippen molar-refractivity contribution in [2.75, 3.05) is 27.2 Å². The molecule has 0 unspecified atom stereocenters. The van der Waals surface area contributed by atoms with Crippen LogP contribution in [0.4, 0.5) is 0 Å². The van der Waals surface area contributed by atoms with Gasteiger partial charge < -0.3 is 15.0 Å². The number of likely N-dealkylation sites (N-methyl/N-ethyl adjacent to an activating group) is 1. The lowest BCUT2D eigenvalue weighted by Gasteiger charge is -2.32. The number of hydrogen-bond donors (Lipinski definition) is 1. The molecule has 1 aliphatic heterocycles. The van der Waals surface area contributed by atoms with Crippen molar-refractivity contribution in [3.05, 3.63) is 16.3 Å². The predicted octanol–water partition coefficient (Wildman–Crippen LogP) is 1.58. The zero-order valence-corrected chi connectivity index (χ0v) is 11.0. The van der Waals surface area contributed by atoms with Crippen LogP contribution in [-0.4, -0.2) is 44.1 Å². The first-order valence-electron chi connectivity index (χ1n) is 5.83. The highest BCUT2D eigenvalue weighted by molar-refractivity contribution is 7.12. The van der Waals surface area contributed by atoms with E-state index in [2.05, 4.69) is 5.32 Å². The molecule has 2 rings (SSSR count). The summed E-state index contributed by atoms with van der Waals surface area (Å²) in [5, 5.41) is 5.11. The molecule has 0 aliphatic carbocycles. The summed E-state index contributed by atoms with van der Waals surface area (Å²) in [6.07, 6.45) is 2.22. The van der Waals surface area contributed by atoms with Crippen LogP contribution >= 0.6 is 11.3 Å². The van der Waals surface area contributed by atoms with E-state index in [-0.39, 0.29) is 5.91 Å². The second kappa shape index (κ2) is 5.51. The fourth-order valence-corrected chi connectivity index (χ4v) is 2.91. The Balaban J connectivity index is 2.03. The lowest BCUT2D eigenvalue weighted by molar-refractivity contribution is 0.0703. The molecule has 1 fully saturated rings. The Morgan fingerprint density at radius 1 is 1.65 bits per heavy atom. The van der Waals surface area contributed by atoms with Crippen LogP contribution in [-0.2, 0) is 0 Å². The molecular formula is C12H18N2O2S. The summed E-state index contributed by atoms with van der Waals surface area (Å²) in [6.45, 7) is 1.66. The number of likely N-dealkylation sites (tertiary alicyclic amines) is 1. The van der Waals surface area contributed by atoms with Gasteiger partial charge in [0.2, 0.25) is 0 Å². The van der Waals surface area contributed by atoms with Gasteiger partial charge in [0.05, 0.1) is 12.0 Å². The molecule has 94 valence electrons. The fourth-order valence-electron chi connectivity index (χ4n) is 2.09. The predicted molar refractivity (Wildman–Crippen MR) is 68.9 cm³/mol. The number of hydrogen-bond acceptors (Lipinski definition) is 4. The van der Waals surface area contributed by atoms with Crippen molar-refractivity contribution in [3.8, 4) is 5.75 Å². The van der Waals surface area contributed by atoms with E-state index in [1.165, 1.54) is 11.3 Å². The summed E-state index contributed by atoms with van der Waals surface area (Å²) in [7, 11) is 3.57. The number of rotatable bonds is 3. The number of nitrogens with zero attached hydrogens (tertiary/aromatic N) is 1. The van der Waals surface area contributed by atoms with Crippen LogP contribution < -0.4 is 10.1 Å². The molecule has 1 saturated heterocycles. The van der Waals surface area contributed by atoms with E-state index < -0.39 is 0 Å². The largest absolute Gasteiger partial charge is 0.496 e. The van der Waals surface area contributed by atoms with Gasteiger partial charge >= 0.3 is 0 Å². The number of nitrogens with one attached hydrogen (secondary N) is 1. The molecule has 0 saturated carbocycles. The van der Waals surface area contributed by atoms with E-state index in [0.717, 1.165) is 36.6 Å². The van der Waals surface area contributed by atoms with E-state index >= 15 is 0 Å². The van der Waals surface area contributed by atoms with E-state index in [4.69, 9.17) is 4.74 Å². The van der Waals surface area contributed by atoms with Gasteiger partial charge in [-0.2, -0.15) is 0 Å². The summed E-state index contributed by atoms with van der Waals surface area (Å²) in [5.41, 5.74) is 0. The maximum absolute atomic E-state index is 12.2.